The maximum absolute atomic E-state index is 12.4. The van der Waals surface area contributed by atoms with Crippen LogP contribution in [0.3, 0.4) is 0 Å². The van der Waals surface area contributed by atoms with Crippen molar-refractivity contribution in [1.29, 1.82) is 0 Å². The van der Waals surface area contributed by atoms with Crippen LogP contribution in [0.15, 0.2) is 30.3 Å². The molecule has 0 aliphatic carbocycles. The molecule has 0 radical (unpaired) electrons. The van der Waals surface area contributed by atoms with Gasteiger partial charge in [-0.3, -0.25) is 4.79 Å². The Kier molecular flexibility index (Phi) is 7.36. The molecule has 0 atom stereocenters. The third-order valence-corrected chi connectivity index (χ3v) is 4.62. The Morgan fingerprint density at radius 3 is 2.48 bits per heavy atom. The van der Waals surface area contributed by atoms with Crippen molar-refractivity contribution in [2.24, 2.45) is 0 Å². The second-order valence-electron chi connectivity index (χ2n) is 6.61. The van der Waals surface area contributed by atoms with Crippen molar-refractivity contribution in [3.8, 4) is 11.5 Å². The average Bonchev–Trinajstić information content (AvgIpc) is 2.63. The molecule has 1 amide bonds. The van der Waals surface area contributed by atoms with Crippen LogP contribution in [-0.2, 0) is 4.79 Å². The third kappa shape index (κ3) is 5.30. The summed E-state index contributed by atoms with van der Waals surface area (Å²) in [6.45, 7) is 6.92. The molecule has 5 nitrogen and oxygen atoms in total. The summed E-state index contributed by atoms with van der Waals surface area (Å²) >= 11 is 6.10. The number of anilines is 2. The van der Waals surface area contributed by atoms with E-state index in [-0.39, 0.29) is 5.91 Å². The Bertz CT molecular complexity index is 806. The van der Waals surface area contributed by atoms with Crippen LogP contribution < -0.4 is 20.1 Å². The minimum atomic E-state index is -0.121. The number of aryl methyl sites for hydroxylation is 1. The summed E-state index contributed by atoms with van der Waals surface area (Å²) in [4.78, 5) is 12.4. The van der Waals surface area contributed by atoms with Gasteiger partial charge in [0, 0.05) is 30.8 Å². The number of carbonyl (C=O) groups excluding carboxylic acids is 1. The lowest BCUT2D eigenvalue weighted by Crippen LogP contribution is -2.17. The van der Waals surface area contributed by atoms with E-state index in [9.17, 15) is 4.79 Å². The summed E-state index contributed by atoms with van der Waals surface area (Å²) in [5.41, 5.74) is 4.05. The first-order valence-electron chi connectivity index (χ1n) is 8.92. The molecule has 146 valence electrons. The summed E-state index contributed by atoms with van der Waals surface area (Å²) < 4.78 is 10.5. The number of para-hydroxylation sites is 1. The number of amides is 1. The lowest BCUT2D eigenvalue weighted by Gasteiger charge is -2.17. The number of nitrogens with one attached hydrogen (secondary N) is 2. The maximum atomic E-state index is 12.4. The molecule has 2 N–H and O–H groups in total. The summed E-state index contributed by atoms with van der Waals surface area (Å²) in [7, 11) is 3.05. The first kappa shape index (κ1) is 20.9. The van der Waals surface area contributed by atoms with Crippen molar-refractivity contribution in [3.05, 3.63) is 46.5 Å². The highest BCUT2D eigenvalue weighted by Crippen LogP contribution is 2.36. The van der Waals surface area contributed by atoms with Gasteiger partial charge in [0.25, 0.3) is 0 Å². The largest absolute Gasteiger partial charge is 0.495 e. The number of hydrogen-bond acceptors (Lipinski definition) is 4. The minimum Gasteiger partial charge on any atom is -0.495 e. The van der Waals surface area contributed by atoms with Crippen LogP contribution in [0, 0.1) is 6.92 Å². The van der Waals surface area contributed by atoms with E-state index in [1.54, 1.807) is 12.1 Å². The number of methoxy groups -OCH3 is 2. The molecule has 0 fully saturated rings. The van der Waals surface area contributed by atoms with E-state index in [0.717, 1.165) is 5.69 Å². The lowest BCUT2D eigenvalue weighted by molar-refractivity contribution is -0.116. The number of hydrogen-bond donors (Lipinski definition) is 2. The number of carbonyl (C=O) groups is 1. The molecular weight excluding hydrogens is 364 g/mol. The van der Waals surface area contributed by atoms with Gasteiger partial charge in [-0.05, 0) is 24.0 Å². The van der Waals surface area contributed by atoms with Crippen LogP contribution in [0.1, 0.15) is 37.3 Å². The molecule has 0 aromatic heterocycles. The van der Waals surface area contributed by atoms with Gasteiger partial charge in [0.15, 0.2) is 0 Å². The molecule has 0 spiro atoms. The van der Waals surface area contributed by atoms with Gasteiger partial charge in [-0.15, -0.1) is 0 Å². The Labute approximate surface area is 166 Å². The smallest absolute Gasteiger partial charge is 0.226 e. The summed E-state index contributed by atoms with van der Waals surface area (Å²) in [5.74, 6) is 1.26. The Morgan fingerprint density at radius 2 is 1.85 bits per heavy atom. The van der Waals surface area contributed by atoms with Gasteiger partial charge >= 0.3 is 0 Å². The van der Waals surface area contributed by atoms with Crippen LogP contribution in [0.4, 0.5) is 11.4 Å². The van der Waals surface area contributed by atoms with Gasteiger partial charge in [0.2, 0.25) is 5.91 Å². The molecule has 2 aromatic carbocycles. The molecule has 2 aromatic rings. The molecule has 0 unspecified atom stereocenters. The summed E-state index contributed by atoms with van der Waals surface area (Å²) in [6, 6.07) is 9.52. The molecule has 6 heteroatoms. The van der Waals surface area contributed by atoms with Gasteiger partial charge in [0.1, 0.15) is 11.5 Å². The van der Waals surface area contributed by atoms with Crippen LogP contribution in [-0.4, -0.2) is 26.7 Å². The van der Waals surface area contributed by atoms with E-state index in [0.29, 0.717) is 41.1 Å². The standard InChI is InChI=1S/C21H27ClN2O3/c1-13(2)15-8-6-7-14(3)21(15)23-10-9-20(25)24-17-12-18(26-4)16(22)11-19(17)27-5/h6-8,11-13,23H,9-10H2,1-5H3,(H,24,25). The number of halogens is 1. The van der Waals surface area contributed by atoms with E-state index < -0.39 is 0 Å². The van der Waals surface area contributed by atoms with Crippen LogP contribution in [0.25, 0.3) is 0 Å². The number of benzene rings is 2. The minimum absolute atomic E-state index is 0.121. The van der Waals surface area contributed by atoms with E-state index in [1.807, 2.05) is 0 Å². The predicted octanol–water partition coefficient (Wildman–Crippen LogP) is 5.23. The van der Waals surface area contributed by atoms with Crippen LogP contribution >= 0.6 is 11.6 Å². The average molecular weight is 391 g/mol. The number of rotatable bonds is 8. The maximum Gasteiger partial charge on any atom is 0.226 e. The van der Waals surface area contributed by atoms with Gasteiger partial charge < -0.3 is 20.1 Å². The number of ether oxygens (including phenoxy) is 2. The quantitative estimate of drug-likeness (QED) is 0.647. The molecule has 0 saturated heterocycles. The van der Waals surface area contributed by atoms with Gasteiger partial charge in [-0.1, -0.05) is 43.6 Å². The molecule has 0 bridgehead atoms. The van der Waals surface area contributed by atoms with E-state index >= 15 is 0 Å². The predicted molar refractivity (Wildman–Crippen MR) is 112 cm³/mol. The monoisotopic (exact) mass is 390 g/mol. The van der Waals surface area contributed by atoms with Crippen molar-refractivity contribution >= 4 is 28.9 Å². The first-order chi connectivity index (χ1) is 12.9. The Balaban J connectivity index is 2.02. The van der Waals surface area contributed by atoms with E-state index in [4.69, 9.17) is 21.1 Å². The highest BCUT2D eigenvalue weighted by molar-refractivity contribution is 6.32. The zero-order chi connectivity index (χ0) is 20.0. The fourth-order valence-electron chi connectivity index (χ4n) is 2.88. The molecule has 27 heavy (non-hydrogen) atoms. The van der Waals surface area contributed by atoms with Crippen LogP contribution in [0.2, 0.25) is 5.02 Å². The first-order valence-corrected chi connectivity index (χ1v) is 9.30. The highest BCUT2D eigenvalue weighted by atomic mass is 35.5. The van der Waals surface area contributed by atoms with Gasteiger partial charge in [0.05, 0.1) is 24.9 Å². The summed E-state index contributed by atoms with van der Waals surface area (Å²) in [5, 5.41) is 6.69. The second kappa shape index (κ2) is 9.51. The lowest BCUT2D eigenvalue weighted by atomic mass is 9.98. The molecule has 0 aliphatic rings. The van der Waals surface area contributed by atoms with Crippen LogP contribution in [0.5, 0.6) is 11.5 Å². The van der Waals surface area contributed by atoms with Crippen molar-refractivity contribution in [3.63, 3.8) is 0 Å². The molecule has 0 saturated carbocycles. The SMILES string of the molecule is COc1cc(NC(=O)CCNc2c(C)cccc2C(C)C)c(OC)cc1Cl. The fraction of sp³-hybridized carbons (Fsp3) is 0.381. The fourth-order valence-corrected chi connectivity index (χ4v) is 3.12. The molecular formula is C21H27ClN2O3. The highest BCUT2D eigenvalue weighted by Gasteiger charge is 2.13. The molecule has 0 aliphatic heterocycles. The van der Waals surface area contributed by atoms with Crippen molar-refractivity contribution < 1.29 is 14.3 Å². The third-order valence-electron chi connectivity index (χ3n) is 4.33. The van der Waals surface area contributed by atoms with Gasteiger partial charge in [-0.25, -0.2) is 0 Å². The Morgan fingerprint density at radius 1 is 1.15 bits per heavy atom. The molecule has 2 rings (SSSR count). The Hall–Kier alpha value is -2.40. The zero-order valence-corrected chi connectivity index (χ0v) is 17.2. The zero-order valence-electron chi connectivity index (χ0n) is 16.5. The second-order valence-corrected chi connectivity index (χ2v) is 7.01. The summed E-state index contributed by atoms with van der Waals surface area (Å²) in [6.07, 6.45) is 0.319. The van der Waals surface area contributed by atoms with Gasteiger partial charge in [-0.2, -0.15) is 0 Å². The topological polar surface area (TPSA) is 59.6 Å². The van der Waals surface area contributed by atoms with Crippen molar-refractivity contribution in [1.82, 2.24) is 0 Å². The normalized spacial score (nSPS) is 10.6. The van der Waals surface area contributed by atoms with Crippen molar-refractivity contribution in [2.45, 2.75) is 33.1 Å². The van der Waals surface area contributed by atoms with E-state index in [1.165, 1.54) is 25.3 Å². The van der Waals surface area contributed by atoms with E-state index in [2.05, 4.69) is 49.6 Å². The molecule has 0 heterocycles. The van der Waals surface area contributed by atoms with Crippen molar-refractivity contribution in [2.75, 3.05) is 31.4 Å².